The second-order valence-electron chi connectivity index (χ2n) is 5.63. The lowest BCUT2D eigenvalue weighted by molar-refractivity contribution is 0.566. The molecule has 0 radical (unpaired) electrons. The van der Waals surface area contributed by atoms with Crippen LogP contribution in [0.25, 0.3) is 22.3 Å². The van der Waals surface area contributed by atoms with Crippen LogP contribution < -0.4 is 10.6 Å². The van der Waals surface area contributed by atoms with Crippen molar-refractivity contribution in [3.8, 4) is 11.4 Å². The first-order valence-corrected chi connectivity index (χ1v) is 8.92. The highest BCUT2D eigenvalue weighted by Crippen LogP contribution is 2.31. The molecule has 0 aliphatic rings. The third-order valence-electron chi connectivity index (χ3n) is 3.83. The first kappa shape index (κ1) is 17.5. The molecule has 2 N–H and O–H groups in total. The van der Waals surface area contributed by atoms with Gasteiger partial charge < -0.3 is 15.1 Å². The first-order valence-electron chi connectivity index (χ1n) is 8.17. The van der Waals surface area contributed by atoms with Crippen LogP contribution in [-0.2, 0) is 0 Å². The van der Waals surface area contributed by atoms with E-state index in [1.807, 2.05) is 30.3 Å². The number of halogens is 2. The van der Waals surface area contributed by atoms with Gasteiger partial charge in [-0.05, 0) is 30.3 Å². The van der Waals surface area contributed by atoms with Gasteiger partial charge in [-0.3, -0.25) is 0 Å². The summed E-state index contributed by atoms with van der Waals surface area (Å²) in [6.07, 6.45) is 1.27. The Bertz CT molecular complexity index is 1070. The Balaban J connectivity index is 1.62. The number of nitrogens with zero attached hydrogens (tertiary/aromatic N) is 4. The smallest absolute Gasteiger partial charge is 0.315 e. The van der Waals surface area contributed by atoms with Gasteiger partial charge in [0.15, 0.2) is 5.82 Å². The SMILES string of the molecule is Clc1ccc(-c2nc(NCCNc3nnco3)c3ccccc3n2)c(Cl)c1. The lowest BCUT2D eigenvalue weighted by Gasteiger charge is -2.12. The van der Waals surface area contributed by atoms with Gasteiger partial charge in [0, 0.05) is 29.1 Å². The van der Waals surface area contributed by atoms with Crippen LogP contribution in [0.4, 0.5) is 11.8 Å². The summed E-state index contributed by atoms with van der Waals surface area (Å²) in [6.45, 7) is 1.18. The van der Waals surface area contributed by atoms with E-state index >= 15 is 0 Å². The summed E-state index contributed by atoms with van der Waals surface area (Å²) in [4.78, 5) is 9.31. The molecule has 0 saturated carbocycles. The first-order chi connectivity index (χ1) is 13.2. The number of benzene rings is 2. The summed E-state index contributed by atoms with van der Waals surface area (Å²) >= 11 is 12.3. The van der Waals surface area contributed by atoms with E-state index in [0.717, 1.165) is 16.5 Å². The Morgan fingerprint density at radius 3 is 2.63 bits per heavy atom. The lowest BCUT2D eigenvalue weighted by atomic mass is 10.2. The van der Waals surface area contributed by atoms with Crippen molar-refractivity contribution in [3.05, 3.63) is 58.9 Å². The average Bonchev–Trinajstić information content (AvgIpc) is 3.18. The molecule has 136 valence electrons. The van der Waals surface area contributed by atoms with Gasteiger partial charge in [-0.15, -0.1) is 5.10 Å². The molecular formula is C18H14Cl2N6O. The Labute approximate surface area is 164 Å². The number of nitrogens with one attached hydrogen (secondary N) is 2. The Morgan fingerprint density at radius 2 is 1.81 bits per heavy atom. The van der Waals surface area contributed by atoms with Crippen LogP contribution >= 0.6 is 23.2 Å². The number of aromatic nitrogens is 4. The minimum absolute atomic E-state index is 0.373. The fourth-order valence-corrected chi connectivity index (χ4v) is 3.10. The number of rotatable bonds is 6. The molecule has 0 aliphatic carbocycles. The van der Waals surface area contributed by atoms with Crippen molar-refractivity contribution >= 4 is 45.9 Å². The Morgan fingerprint density at radius 1 is 0.963 bits per heavy atom. The zero-order chi connectivity index (χ0) is 18.6. The van der Waals surface area contributed by atoms with Gasteiger partial charge in [0.2, 0.25) is 6.39 Å². The predicted octanol–water partition coefficient (Wildman–Crippen LogP) is 4.51. The highest BCUT2D eigenvalue weighted by Gasteiger charge is 2.12. The van der Waals surface area contributed by atoms with Crippen molar-refractivity contribution in [2.75, 3.05) is 23.7 Å². The summed E-state index contributed by atoms with van der Waals surface area (Å²) < 4.78 is 5.04. The molecule has 2 aromatic heterocycles. The van der Waals surface area contributed by atoms with Crippen LogP contribution in [0.15, 0.2) is 53.3 Å². The maximum Gasteiger partial charge on any atom is 0.315 e. The van der Waals surface area contributed by atoms with Crippen molar-refractivity contribution in [1.29, 1.82) is 0 Å². The summed E-state index contributed by atoms with van der Waals surface area (Å²) in [5.41, 5.74) is 1.54. The molecule has 2 heterocycles. The van der Waals surface area contributed by atoms with E-state index in [4.69, 9.17) is 27.6 Å². The van der Waals surface area contributed by atoms with Crippen molar-refractivity contribution in [2.24, 2.45) is 0 Å². The van der Waals surface area contributed by atoms with Gasteiger partial charge >= 0.3 is 6.01 Å². The van der Waals surface area contributed by atoms with E-state index in [0.29, 0.717) is 40.8 Å². The van der Waals surface area contributed by atoms with Crippen LogP contribution in [0.1, 0.15) is 0 Å². The average molecular weight is 401 g/mol. The number of anilines is 2. The second kappa shape index (κ2) is 7.77. The zero-order valence-corrected chi connectivity index (χ0v) is 15.5. The molecule has 0 bridgehead atoms. The molecule has 4 rings (SSSR count). The fourth-order valence-electron chi connectivity index (χ4n) is 2.60. The van der Waals surface area contributed by atoms with Crippen molar-refractivity contribution in [2.45, 2.75) is 0 Å². The van der Waals surface area contributed by atoms with E-state index in [-0.39, 0.29) is 0 Å². The van der Waals surface area contributed by atoms with Crippen LogP contribution in [0.3, 0.4) is 0 Å². The Kier molecular flexibility index (Phi) is 5.04. The number of hydrogen-bond acceptors (Lipinski definition) is 7. The monoisotopic (exact) mass is 400 g/mol. The maximum absolute atomic E-state index is 6.33. The van der Waals surface area contributed by atoms with Gasteiger partial charge in [0.25, 0.3) is 0 Å². The van der Waals surface area contributed by atoms with Crippen molar-refractivity contribution in [1.82, 2.24) is 20.2 Å². The third kappa shape index (κ3) is 3.94. The van der Waals surface area contributed by atoms with Crippen LogP contribution in [0.2, 0.25) is 10.0 Å². The molecule has 0 amide bonds. The summed E-state index contributed by atoms with van der Waals surface area (Å²) in [5, 5.41) is 15.7. The summed E-state index contributed by atoms with van der Waals surface area (Å²) in [5.74, 6) is 1.25. The molecule has 7 nitrogen and oxygen atoms in total. The highest BCUT2D eigenvalue weighted by atomic mass is 35.5. The molecule has 0 atom stereocenters. The zero-order valence-electron chi connectivity index (χ0n) is 14.0. The molecule has 0 spiro atoms. The normalized spacial score (nSPS) is 10.9. The fraction of sp³-hybridized carbons (Fsp3) is 0.111. The number of fused-ring (bicyclic) bond motifs is 1. The van der Waals surface area contributed by atoms with Crippen molar-refractivity contribution < 1.29 is 4.42 Å². The maximum atomic E-state index is 6.33. The molecule has 4 aromatic rings. The quantitative estimate of drug-likeness (QED) is 0.460. The predicted molar refractivity (Wildman–Crippen MR) is 106 cm³/mol. The van der Waals surface area contributed by atoms with Crippen molar-refractivity contribution in [3.63, 3.8) is 0 Å². The molecule has 27 heavy (non-hydrogen) atoms. The van der Waals surface area contributed by atoms with Gasteiger partial charge in [0.05, 0.1) is 10.5 Å². The molecule has 0 aliphatic heterocycles. The molecule has 0 unspecified atom stereocenters. The standard InChI is InChI=1S/C18H14Cl2N6O/c19-11-5-6-12(14(20)9-11)17-24-15-4-2-1-3-13(15)16(25-17)21-7-8-22-18-26-23-10-27-18/h1-6,9-10H,7-8H2,(H,22,26)(H,21,24,25). The number of para-hydroxylation sites is 1. The topological polar surface area (TPSA) is 88.8 Å². The number of hydrogen-bond donors (Lipinski definition) is 2. The van der Waals surface area contributed by atoms with E-state index < -0.39 is 0 Å². The van der Waals surface area contributed by atoms with E-state index in [1.54, 1.807) is 12.1 Å². The van der Waals surface area contributed by atoms with Gasteiger partial charge in [0.1, 0.15) is 5.82 Å². The highest BCUT2D eigenvalue weighted by molar-refractivity contribution is 6.36. The molecular weight excluding hydrogens is 387 g/mol. The largest absolute Gasteiger partial charge is 0.411 e. The van der Waals surface area contributed by atoms with E-state index in [2.05, 4.69) is 30.8 Å². The second-order valence-corrected chi connectivity index (χ2v) is 6.48. The van der Waals surface area contributed by atoms with Gasteiger partial charge in [-0.2, -0.15) is 0 Å². The van der Waals surface area contributed by atoms with Crippen LogP contribution in [-0.4, -0.2) is 33.3 Å². The molecule has 2 aromatic carbocycles. The Hall–Kier alpha value is -2.90. The minimum Gasteiger partial charge on any atom is -0.411 e. The lowest BCUT2D eigenvalue weighted by Crippen LogP contribution is -2.15. The summed E-state index contributed by atoms with van der Waals surface area (Å²) in [6, 6.07) is 13.4. The van der Waals surface area contributed by atoms with E-state index in [1.165, 1.54) is 6.39 Å². The third-order valence-corrected chi connectivity index (χ3v) is 4.38. The molecule has 0 fully saturated rings. The van der Waals surface area contributed by atoms with E-state index in [9.17, 15) is 0 Å². The summed E-state index contributed by atoms with van der Waals surface area (Å²) in [7, 11) is 0. The van der Waals surface area contributed by atoms with Gasteiger partial charge in [-0.25, -0.2) is 9.97 Å². The minimum atomic E-state index is 0.373. The van der Waals surface area contributed by atoms with Crippen LogP contribution in [0.5, 0.6) is 0 Å². The van der Waals surface area contributed by atoms with Gasteiger partial charge in [-0.1, -0.05) is 40.4 Å². The van der Waals surface area contributed by atoms with Crippen LogP contribution in [0, 0.1) is 0 Å². The molecule has 9 heteroatoms. The molecule has 0 saturated heterocycles.